The second-order valence-corrected chi connectivity index (χ2v) is 7.14. The number of nitrogens with zero attached hydrogens (tertiary/aromatic N) is 1. The van der Waals surface area contributed by atoms with Gasteiger partial charge in [0.2, 0.25) is 5.91 Å². The van der Waals surface area contributed by atoms with Crippen molar-refractivity contribution >= 4 is 5.91 Å². The Labute approximate surface area is 123 Å². The fraction of sp³-hybridized carbons (Fsp3) is 0.938. The molecule has 0 aliphatic heterocycles. The molecule has 0 saturated heterocycles. The number of hydrogen-bond acceptors (Lipinski definition) is 3. The molecule has 1 N–H and O–H groups in total. The number of amides is 1. The second kappa shape index (κ2) is 6.44. The van der Waals surface area contributed by atoms with Crippen molar-refractivity contribution in [1.82, 2.24) is 10.2 Å². The Morgan fingerprint density at radius 1 is 1.15 bits per heavy atom. The Kier molecular flexibility index (Phi) is 5.08. The summed E-state index contributed by atoms with van der Waals surface area (Å²) >= 11 is 0. The van der Waals surface area contributed by atoms with Crippen LogP contribution < -0.4 is 5.32 Å². The predicted octanol–water partition coefficient (Wildman–Crippen LogP) is 2.18. The van der Waals surface area contributed by atoms with Gasteiger partial charge in [0.1, 0.15) is 0 Å². The lowest BCUT2D eigenvalue weighted by molar-refractivity contribution is -0.134. The van der Waals surface area contributed by atoms with E-state index >= 15 is 0 Å². The van der Waals surface area contributed by atoms with Gasteiger partial charge in [0, 0.05) is 25.6 Å². The Morgan fingerprint density at radius 2 is 1.80 bits per heavy atom. The highest BCUT2D eigenvalue weighted by molar-refractivity contribution is 5.77. The molecule has 0 heterocycles. The van der Waals surface area contributed by atoms with Gasteiger partial charge in [0.15, 0.2) is 0 Å². The third kappa shape index (κ3) is 3.73. The van der Waals surface area contributed by atoms with E-state index in [0.717, 1.165) is 25.9 Å². The van der Waals surface area contributed by atoms with Gasteiger partial charge in [0.05, 0.1) is 12.0 Å². The molecule has 116 valence electrons. The average Bonchev–Trinajstić information content (AvgIpc) is 2.79. The molecule has 20 heavy (non-hydrogen) atoms. The highest BCUT2D eigenvalue weighted by Gasteiger charge is 2.40. The molecule has 0 aromatic carbocycles. The molecule has 2 saturated carbocycles. The van der Waals surface area contributed by atoms with Crippen LogP contribution >= 0.6 is 0 Å². The van der Waals surface area contributed by atoms with Crippen LogP contribution in [-0.4, -0.2) is 50.7 Å². The van der Waals surface area contributed by atoms with Crippen LogP contribution in [-0.2, 0) is 9.53 Å². The highest BCUT2D eigenvalue weighted by Crippen LogP contribution is 2.39. The summed E-state index contributed by atoms with van der Waals surface area (Å²) in [4.78, 5) is 14.4. The highest BCUT2D eigenvalue weighted by atomic mass is 16.5. The number of nitrogens with one attached hydrogen (secondary N) is 1. The third-order valence-corrected chi connectivity index (χ3v) is 5.16. The van der Waals surface area contributed by atoms with Crippen LogP contribution in [0.15, 0.2) is 0 Å². The molecule has 2 aliphatic carbocycles. The van der Waals surface area contributed by atoms with Crippen molar-refractivity contribution in [2.24, 2.45) is 5.41 Å². The van der Waals surface area contributed by atoms with Crippen LogP contribution in [0.4, 0.5) is 0 Å². The van der Waals surface area contributed by atoms with Crippen LogP contribution in [0.5, 0.6) is 0 Å². The minimum atomic E-state index is -0.158. The zero-order chi connectivity index (χ0) is 14.6. The van der Waals surface area contributed by atoms with Crippen molar-refractivity contribution in [1.29, 1.82) is 0 Å². The molecule has 2 fully saturated rings. The second-order valence-electron chi connectivity index (χ2n) is 7.14. The smallest absolute Gasteiger partial charge is 0.222 e. The van der Waals surface area contributed by atoms with Crippen molar-refractivity contribution in [2.75, 3.05) is 34.3 Å². The van der Waals surface area contributed by atoms with Gasteiger partial charge >= 0.3 is 0 Å². The number of methoxy groups -OCH3 is 1. The molecular formula is C16H30N2O2. The summed E-state index contributed by atoms with van der Waals surface area (Å²) in [5, 5.41) is 3.18. The predicted molar refractivity (Wildman–Crippen MR) is 80.7 cm³/mol. The number of carbonyl (C=O) groups excluding carboxylic acids is 1. The van der Waals surface area contributed by atoms with Crippen LogP contribution in [0.3, 0.4) is 0 Å². The van der Waals surface area contributed by atoms with Gasteiger partial charge in [-0.25, -0.2) is 0 Å². The van der Waals surface area contributed by atoms with Crippen molar-refractivity contribution in [3.63, 3.8) is 0 Å². The van der Waals surface area contributed by atoms with Gasteiger partial charge in [-0.2, -0.15) is 0 Å². The zero-order valence-corrected chi connectivity index (χ0v) is 13.3. The van der Waals surface area contributed by atoms with E-state index < -0.39 is 0 Å². The summed E-state index contributed by atoms with van der Waals surface area (Å²) < 4.78 is 5.54. The summed E-state index contributed by atoms with van der Waals surface area (Å²) in [5.41, 5.74) is 0.132. The lowest BCUT2D eigenvalue weighted by atomic mass is 9.77. The maximum atomic E-state index is 12.2. The van der Waals surface area contributed by atoms with Crippen molar-refractivity contribution in [3.05, 3.63) is 0 Å². The van der Waals surface area contributed by atoms with E-state index in [-0.39, 0.29) is 11.5 Å². The quantitative estimate of drug-likeness (QED) is 0.778. The first kappa shape index (κ1) is 15.8. The van der Waals surface area contributed by atoms with Gasteiger partial charge in [0.25, 0.3) is 0 Å². The zero-order valence-electron chi connectivity index (χ0n) is 13.3. The third-order valence-electron chi connectivity index (χ3n) is 5.16. The topological polar surface area (TPSA) is 41.6 Å². The molecule has 0 unspecified atom stereocenters. The number of carbonyl (C=O) groups is 1. The van der Waals surface area contributed by atoms with Crippen LogP contribution in [0.1, 0.15) is 51.4 Å². The molecule has 0 atom stereocenters. The van der Waals surface area contributed by atoms with Gasteiger partial charge < -0.3 is 15.0 Å². The number of hydrogen-bond donors (Lipinski definition) is 1. The lowest BCUT2D eigenvalue weighted by Crippen LogP contribution is -2.47. The van der Waals surface area contributed by atoms with E-state index in [1.165, 1.54) is 32.1 Å². The monoisotopic (exact) mass is 282 g/mol. The Bertz CT molecular complexity index is 326. The first-order valence-electron chi connectivity index (χ1n) is 7.96. The van der Waals surface area contributed by atoms with E-state index in [1.54, 1.807) is 7.11 Å². The Balaban J connectivity index is 1.81. The number of ether oxygens (including phenoxy) is 1. The summed E-state index contributed by atoms with van der Waals surface area (Å²) in [6, 6.07) is 0. The molecule has 0 aromatic rings. The minimum Gasteiger partial charge on any atom is -0.378 e. The molecule has 4 nitrogen and oxygen atoms in total. The first-order valence-corrected chi connectivity index (χ1v) is 7.96. The molecule has 2 rings (SSSR count). The first-order chi connectivity index (χ1) is 9.49. The molecule has 4 heteroatoms. The molecule has 0 bridgehead atoms. The maximum Gasteiger partial charge on any atom is 0.222 e. The summed E-state index contributed by atoms with van der Waals surface area (Å²) in [6.07, 6.45) is 8.84. The van der Waals surface area contributed by atoms with E-state index in [1.807, 2.05) is 0 Å². The standard InChI is InChI=1S/C16H30N2O2/c1-18(2)13-15(7-4-5-8-15)12-17-14(19)11-16(20-3)9-6-10-16/h4-13H2,1-3H3,(H,17,19). The molecule has 1 amide bonds. The summed E-state index contributed by atoms with van der Waals surface area (Å²) in [6.45, 7) is 1.90. The SMILES string of the molecule is COC1(CC(=O)NCC2(CN(C)C)CCCC2)CCC1. The Morgan fingerprint density at radius 3 is 2.25 bits per heavy atom. The maximum absolute atomic E-state index is 12.2. The van der Waals surface area contributed by atoms with Crippen molar-refractivity contribution in [3.8, 4) is 0 Å². The van der Waals surface area contributed by atoms with E-state index in [4.69, 9.17) is 4.74 Å². The molecule has 2 aliphatic rings. The molecule has 0 spiro atoms. The lowest BCUT2D eigenvalue weighted by Gasteiger charge is -2.40. The van der Waals surface area contributed by atoms with Crippen molar-refractivity contribution in [2.45, 2.75) is 57.0 Å². The largest absolute Gasteiger partial charge is 0.378 e. The average molecular weight is 282 g/mol. The fourth-order valence-electron chi connectivity index (χ4n) is 3.85. The van der Waals surface area contributed by atoms with E-state index in [0.29, 0.717) is 11.8 Å². The Hall–Kier alpha value is -0.610. The van der Waals surface area contributed by atoms with Gasteiger partial charge in [-0.15, -0.1) is 0 Å². The fourth-order valence-corrected chi connectivity index (χ4v) is 3.85. The van der Waals surface area contributed by atoms with Gasteiger partial charge in [-0.1, -0.05) is 12.8 Å². The normalized spacial score (nSPS) is 23.6. The molecule has 0 aromatic heterocycles. The van der Waals surface area contributed by atoms with Crippen molar-refractivity contribution < 1.29 is 9.53 Å². The van der Waals surface area contributed by atoms with Crippen LogP contribution in [0.25, 0.3) is 0 Å². The van der Waals surface area contributed by atoms with E-state index in [9.17, 15) is 4.79 Å². The van der Waals surface area contributed by atoms with Crippen LogP contribution in [0, 0.1) is 5.41 Å². The van der Waals surface area contributed by atoms with E-state index in [2.05, 4.69) is 24.3 Å². The van der Waals surface area contributed by atoms with Crippen LogP contribution in [0.2, 0.25) is 0 Å². The minimum absolute atomic E-state index is 0.158. The molecule has 0 radical (unpaired) electrons. The summed E-state index contributed by atoms with van der Waals surface area (Å²) in [5.74, 6) is 0.164. The van der Waals surface area contributed by atoms with Gasteiger partial charge in [-0.3, -0.25) is 4.79 Å². The van der Waals surface area contributed by atoms with Gasteiger partial charge in [-0.05, 0) is 46.2 Å². The summed E-state index contributed by atoms with van der Waals surface area (Å²) in [7, 11) is 5.98. The molecular weight excluding hydrogens is 252 g/mol. The number of rotatable bonds is 7.